The van der Waals surface area contributed by atoms with E-state index >= 15 is 0 Å². The molecule has 0 unspecified atom stereocenters. The first-order valence-corrected chi connectivity index (χ1v) is 10.9. The Morgan fingerprint density at radius 2 is 1.74 bits per heavy atom. The Labute approximate surface area is 198 Å². The van der Waals surface area contributed by atoms with Crippen LogP contribution >= 0.6 is 0 Å². The third kappa shape index (κ3) is 6.25. The van der Waals surface area contributed by atoms with Gasteiger partial charge in [0.15, 0.2) is 0 Å². The van der Waals surface area contributed by atoms with Crippen LogP contribution in [0.5, 0.6) is 0 Å². The second-order valence-electron chi connectivity index (χ2n) is 7.63. The van der Waals surface area contributed by atoms with Crippen molar-refractivity contribution in [3.63, 3.8) is 0 Å². The number of ether oxygens (including phenoxy) is 1. The predicted octanol–water partition coefficient (Wildman–Crippen LogP) is 3.57. The van der Waals surface area contributed by atoms with Gasteiger partial charge >= 0.3 is 5.69 Å². The molecule has 0 bridgehead atoms. The highest BCUT2D eigenvalue weighted by atomic mass is 16.6. The summed E-state index contributed by atoms with van der Waals surface area (Å²) in [6.45, 7) is 8.08. The third-order valence-corrected chi connectivity index (χ3v) is 5.13. The molecule has 0 spiro atoms. The van der Waals surface area contributed by atoms with Crippen molar-refractivity contribution in [2.45, 2.75) is 47.3 Å². The van der Waals surface area contributed by atoms with Gasteiger partial charge in [-0.1, -0.05) is 54.5 Å². The SMILES string of the molecule is CC\C(=N/N=C(C)/C(C)=N/OCc1ccccc1)OCc1c(C)cccc1-n1nnn(C)c1=O. The summed E-state index contributed by atoms with van der Waals surface area (Å²) in [5, 5.41) is 20.3. The van der Waals surface area contributed by atoms with Crippen molar-refractivity contribution in [1.29, 1.82) is 0 Å². The molecule has 10 heteroatoms. The molecule has 1 aromatic heterocycles. The van der Waals surface area contributed by atoms with Gasteiger partial charge in [-0.25, -0.2) is 4.79 Å². The molecule has 10 nitrogen and oxygen atoms in total. The minimum Gasteiger partial charge on any atom is -0.475 e. The van der Waals surface area contributed by atoms with Gasteiger partial charge in [-0.2, -0.15) is 14.5 Å². The van der Waals surface area contributed by atoms with Gasteiger partial charge in [-0.05, 0) is 48.4 Å². The van der Waals surface area contributed by atoms with Crippen molar-refractivity contribution in [2.75, 3.05) is 0 Å². The van der Waals surface area contributed by atoms with Gasteiger partial charge in [0.2, 0.25) is 5.90 Å². The molecule has 0 fully saturated rings. The maximum Gasteiger partial charge on any atom is 0.368 e. The Morgan fingerprint density at radius 1 is 0.971 bits per heavy atom. The molecule has 178 valence electrons. The summed E-state index contributed by atoms with van der Waals surface area (Å²) < 4.78 is 8.37. The van der Waals surface area contributed by atoms with Gasteiger partial charge in [0.1, 0.15) is 13.2 Å². The molecule has 0 saturated heterocycles. The fraction of sp³-hybridized carbons (Fsp3) is 0.333. The number of hydrogen-bond donors (Lipinski definition) is 0. The molecule has 3 rings (SSSR count). The number of benzene rings is 2. The predicted molar refractivity (Wildman–Crippen MR) is 131 cm³/mol. The summed E-state index contributed by atoms with van der Waals surface area (Å²) in [5.41, 5.74) is 4.34. The van der Waals surface area contributed by atoms with Gasteiger partial charge in [0.25, 0.3) is 0 Å². The Balaban J connectivity index is 1.69. The summed E-state index contributed by atoms with van der Waals surface area (Å²) in [6.07, 6.45) is 0.545. The lowest BCUT2D eigenvalue weighted by atomic mass is 10.1. The molecular weight excluding hydrogens is 434 g/mol. The molecule has 0 aliphatic heterocycles. The molecule has 0 aliphatic rings. The number of tetrazole rings is 1. The lowest BCUT2D eigenvalue weighted by molar-refractivity contribution is 0.131. The Bertz CT molecular complexity index is 1260. The van der Waals surface area contributed by atoms with Crippen LogP contribution in [-0.2, 0) is 29.8 Å². The number of oxime groups is 1. The highest BCUT2D eigenvalue weighted by Crippen LogP contribution is 2.18. The molecule has 34 heavy (non-hydrogen) atoms. The average Bonchev–Trinajstić information content (AvgIpc) is 3.18. The van der Waals surface area contributed by atoms with E-state index in [0.29, 0.717) is 36.0 Å². The van der Waals surface area contributed by atoms with E-state index in [-0.39, 0.29) is 12.3 Å². The van der Waals surface area contributed by atoms with E-state index in [1.54, 1.807) is 14.0 Å². The summed E-state index contributed by atoms with van der Waals surface area (Å²) in [6, 6.07) is 15.4. The molecule has 1 heterocycles. The van der Waals surface area contributed by atoms with Crippen molar-refractivity contribution < 1.29 is 9.57 Å². The molecule has 0 radical (unpaired) electrons. The van der Waals surface area contributed by atoms with E-state index in [1.807, 2.05) is 69.3 Å². The van der Waals surface area contributed by atoms with E-state index in [1.165, 1.54) is 9.36 Å². The smallest absolute Gasteiger partial charge is 0.368 e. The molecule has 2 aromatic carbocycles. The normalized spacial score (nSPS) is 12.7. The van der Waals surface area contributed by atoms with Crippen molar-refractivity contribution in [1.82, 2.24) is 19.8 Å². The summed E-state index contributed by atoms with van der Waals surface area (Å²) in [4.78, 5) is 17.7. The first-order valence-electron chi connectivity index (χ1n) is 10.9. The van der Waals surface area contributed by atoms with Crippen molar-refractivity contribution in [2.24, 2.45) is 22.4 Å². The highest BCUT2D eigenvalue weighted by Gasteiger charge is 2.14. The molecule has 0 atom stereocenters. The molecule has 0 saturated carbocycles. The minimum atomic E-state index is -0.333. The second kappa shape index (κ2) is 11.7. The number of rotatable bonds is 9. The number of hydrogen-bond acceptors (Lipinski definition) is 8. The van der Waals surface area contributed by atoms with Crippen LogP contribution in [0.1, 0.15) is 43.9 Å². The Hall–Kier alpha value is -4.08. The largest absolute Gasteiger partial charge is 0.475 e. The van der Waals surface area contributed by atoms with Crippen LogP contribution in [0.2, 0.25) is 0 Å². The molecule has 0 aliphatic carbocycles. The topological polar surface area (TPSA) is 108 Å². The van der Waals surface area contributed by atoms with Crippen molar-refractivity contribution in [3.8, 4) is 5.69 Å². The first-order chi connectivity index (χ1) is 16.4. The zero-order valence-corrected chi connectivity index (χ0v) is 20.1. The van der Waals surface area contributed by atoms with Crippen molar-refractivity contribution >= 4 is 17.3 Å². The van der Waals surface area contributed by atoms with E-state index < -0.39 is 0 Å². The van der Waals surface area contributed by atoms with Gasteiger partial charge in [-0.3, -0.25) is 0 Å². The van der Waals surface area contributed by atoms with Crippen LogP contribution in [-0.4, -0.2) is 37.1 Å². The standard InChI is InChI=1S/C24H29N7O3/c1-6-23(26-25-18(3)19(4)27-34-15-20-12-8-7-9-13-20)33-16-21-17(2)11-10-14-22(21)31-24(32)30(5)28-29-31/h7-14H,6,15-16H2,1-5H3/b25-18+,26-23+,27-19+. The van der Waals surface area contributed by atoms with Gasteiger partial charge in [0.05, 0.1) is 17.1 Å². The van der Waals surface area contributed by atoms with E-state index in [0.717, 1.165) is 16.7 Å². The fourth-order valence-electron chi connectivity index (χ4n) is 2.94. The number of aromatic nitrogens is 4. The summed E-state index contributed by atoms with van der Waals surface area (Å²) in [7, 11) is 1.55. The van der Waals surface area contributed by atoms with E-state index in [9.17, 15) is 4.79 Å². The maximum atomic E-state index is 12.3. The lowest BCUT2D eigenvalue weighted by Gasteiger charge is -2.13. The fourth-order valence-corrected chi connectivity index (χ4v) is 2.94. The van der Waals surface area contributed by atoms with Crippen LogP contribution in [0.3, 0.4) is 0 Å². The van der Waals surface area contributed by atoms with Gasteiger partial charge < -0.3 is 9.57 Å². The summed E-state index contributed by atoms with van der Waals surface area (Å²) >= 11 is 0. The first kappa shape index (κ1) is 24.6. The molecule has 0 N–H and O–H groups in total. The third-order valence-electron chi connectivity index (χ3n) is 5.13. The van der Waals surface area contributed by atoms with E-state index in [4.69, 9.17) is 9.57 Å². The number of nitrogens with zero attached hydrogens (tertiary/aromatic N) is 7. The van der Waals surface area contributed by atoms with Gasteiger partial charge in [-0.15, -0.1) is 5.10 Å². The van der Waals surface area contributed by atoms with Gasteiger partial charge in [0, 0.05) is 19.0 Å². The zero-order chi connectivity index (χ0) is 24.5. The average molecular weight is 464 g/mol. The maximum absolute atomic E-state index is 12.3. The number of aryl methyl sites for hydroxylation is 2. The van der Waals surface area contributed by atoms with Crippen molar-refractivity contribution in [3.05, 3.63) is 75.7 Å². The lowest BCUT2D eigenvalue weighted by Crippen LogP contribution is -2.23. The van der Waals surface area contributed by atoms with Crippen LogP contribution in [0.4, 0.5) is 0 Å². The van der Waals surface area contributed by atoms with E-state index in [2.05, 4.69) is 25.8 Å². The quantitative estimate of drug-likeness (QED) is 0.274. The Kier molecular flexibility index (Phi) is 8.44. The Morgan fingerprint density at radius 3 is 2.41 bits per heavy atom. The monoisotopic (exact) mass is 463 g/mol. The zero-order valence-electron chi connectivity index (χ0n) is 20.1. The molecular formula is C24H29N7O3. The minimum absolute atomic E-state index is 0.208. The second-order valence-corrected chi connectivity index (χ2v) is 7.63. The van der Waals surface area contributed by atoms with Crippen LogP contribution in [0.25, 0.3) is 5.69 Å². The molecule has 3 aromatic rings. The van der Waals surface area contributed by atoms with Crippen LogP contribution < -0.4 is 5.69 Å². The van der Waals surface area contributed by atoms with Crippen LogP contribution in [0.15, 0.2) is 68.7 Å². The summed E-state index contributed by atoms with van der Waals surface area (Å²) in [5.74, 6) is 0.457. The molecule has 0 amide bonds. The highest BCUT2D eigenvalue weighted by molar-refractivity contribution is 6.40. The van der Waals surface area contributed by atoms with Crippen LogP contribution in [0, 0.1) is 6.92 Å².